The zero-order valence-electron chi connectivity index (χ0n) is 30.7. The monoisotopic (exact) mass is 713 g/mol. The Morgan fingerprint density at radius 2 is 1.77 bits per heavy atom. The van der Waals surface area contributed by atoms with Crippen molar-refractivity contribution in [1.82, 2.24) is 30.7 Å². The van der Waals surface area contributed by atoms with Crippen molar-refractivity contribution in [1.29, 1.82) is 0 Å². The third-order valence-electron chi connectivity index (χ3n) is 9.06. The molecule has 52 heavy (non-hydrogen) atoms. The second-order valence-corrected chi connectivity index (χ2v) is 14.8. The van der Waals surface area contributed by atoms with Gasteiger partial charge in [0.1, 0.15) is 11.6 Å². The van der Waals surface area contributed by atoms with Gasteiger partial charge in [-0.25, -0.2) is 9.78 Å². The van der Waals surface area contributed by atoms with E-state index in [1.165, 1.54) is 0 Å². The van der Waals surface area contributed by atoms with E-state index in [2.05, 4.69) is 36.0 Å². The van der Waals surface area contributed by atoms with Crippen LogP contribution in [0.15, 0.2) is 65.6 Å². The molecule has 13 nitrogen and oxygen atoms in total. The maximum absolute atomic E-state index is 13.8. The van der Waals surface area contributed by atoms with E-state index < -0.39 is 17.7 Å². The van der Waals surface area contributed by atoms with Crippen LogP contribution in [0.5, 0.6) is 5.88 Å². The number of carbonyl (C=O) groups is 3. The molecule has 13 heteroatoms. The highest BCUT2D eigenvalue weighted by atomic mass is 16.6. The molecular formula is C39H51N7O6. The van der Waals surface area contributed by atoms with Crippen molar-refractivity contribution in [2.45, 2.75) is 70.9 Å². The molecule has 5 N–H and O–H groups in total. The van der Waals surface area contributed by atoms with Gasteiger partial charge in [0, 0.05) is 48.9 Å². The standard InChI is InChI=1S/C39H51N7O6/c1-39(2,3)52-38(50)41-23-25-10-12-27(13-11-25)35(47)43-33(37(49)42-30-15-16-31-32(22-30)44-45-36(31)48)21-26-8-6-9-28(20-26)29-14-17-34(40-24-29)51-19-7-18-46(4)5/h6,8-9,14-17,20,22,24-25,27,33H,7,10-13,18-19,21,23H2,1-5H3,(H,41,50)(H,42,49)(H,43,47)(H2,44,45,48). The van der Waals surface area contributed by atoms with Gasteiger partial charge in [0.05, 0.1) is 17.5 Å². The molecule has 1 unspecified atom stereocenters. The number of rotatable bonds is 14. The molecule has 2 heterocycles. The van der Waals surface area contributed by atoms with Gasteiger partial charge in [0.25, 0.3) is 5.56 Å². The summed E-state index contributed by atoms with van der Waals surface area (Å²) >= 11 is 0. The maximum atomic E-state index is 13.8. The van der Waals surface area contributed by atoms with Crippen LogP contribution in [0.2, 0.25) is 0 Å². The van der Waals surface area contributed by atoms with Crippen molar-refractivity contribution in [2.24, 2.45) is 11.8 Å². The summed E-state index contributed by atoms with van der Waals surface area (Å²) in [5.41, 5.74) is 2.94. The molecule has 0 spiro atoms. The summed E-state index contributed by atoms with van der Waals surface area (Å²) in [6.07, 6.45) is 5.33. The first-order chi connectivity index (χ1) is 24.8. The van der Waals surface area contributed by atoms with E-state index in [-0.39, 0.29) is 35.6 Å². The summed E-state index contributed by atoms with van der Waals surface area (Å²) in [6.45, 7) is 7.48. The molecule has 5 rings (SSSR count). The van der Waals surface area contributed by atoms with E-state index in [0.717, 1.165) is 42.5 Å². The van der Waals surface area contributed by atoms with Crippen molar-refractivity contribution in [3.8, 4) is 17.0 Å². The molecule has 0 radical (unpaired) electrons. The highest BCUT2D eigenvalue weighted by molar-refractivity contribution is 5.99. The Morgan fingerprint density at radius 3 is 2.48 bits per heavy atom. The lowest BCUT2D eigenvalue weighted by Gasteiger charge is -2.29. The maximum Gasteiger partial charge on any atom is 0.407 e. The molecule has 1 atom stereocenters. The van der Waals surface area contributed by atoms with Crippen LogP contribution in [0.3, 0.4) is 0 Å². The van der Waals surface area contributed by atoms with Gasteiger partial charge in [-0.3, -0.25) is 24.6 Å². The van der Waals surface area contributed by atoms with E-state index >= 15 is 0 Å². The fraction of sp³-hybridized carbons (Fsp3) is 0.462. The Bertz CT molecular complexity index is 1870. The second kappa shape index (κ2) is 17.4. The van der Waals surface area contributed by atoms with E-state index in [1.54, 1.807) is 24.4 Å². The van der Waals surface area contributed by atoms with Gasteiger partial charge >= 0.3 is 6.09 Å². The Morgan fingerprint density at radius 1 is 0.981 bits per heavy atom. The number of anilines is 1. The van der Waals surface area contributed by atoms with Crippen molar-refractivity contribution in [2.75, 3.05) is 39.1 Å². The lowest BCUT2D eigenvalue weighted by molar-refractivity contribution is -0.130. The first-order valence-corrected chi connectivity index (χ1v) is 17.9. The van der Waals surface area contributed by atoms with Crippen LogP contribution in [0.25, 0.3) is 22.0 Å². The quantitative estimate of drug-likeness (QED) is 0.110. The smallest absolute Gasteiger partial charge is 0.407 e. The highest BCUT2D eigenvalue weighted by Gasteiger charge is 2.30. The number of H-pyrrole nitrogens is 2. The second-order valence-electron chi connectivity index (χ2n) is 14.8. The van der Waals surface area contributed by atoms with Gasteiger partial charge in [0.15, 0.2) is 0 Å². The largest absolute Gasteiger partial charge is 0.478 e. The van der Waals surface area contributed by atoms with Crippen LogP contribution in [0, 0.1) is 11.8 Å². The predicted molar refractivity (Wildman–Crippen MR) is 201 cm³/mol. The Hall–Kier alpha value is -5.17. The Kier molecular flexibility index (Phi) is 12.7. The van der Waals surface area contributed by atoms with Crippen LogP contribution in [0.4, 0.5) is 10.5 Å². The first kappa shape index (κ1) is 38.1. The topological polar surface area (TPSA) is 171 Å². The first-order valence-electron chi connectivity index (χ1n) is 17.9. The lowest BCUT2D eigenvalue weighted by atomic mass is 9.81. The minimum atomic E-state index is -0.869. The van der Waals surface area contributed by atoms with Gasteiger partial charge in [-0.15, -0.1) is 0 Å². The number of ether oxygens (including phenoxy) is 2. The molecule has 3 amide bonds. The summed E-state index contributed by atoms with van der Waals surface area (Å²) in [4.78, 5) is 58.2. The Labute approximate surface area is 304 Å². The van der Waals surface area contributed by atoms with E-state index in [0.29, 0.717) is 48.5 Å². The third kappa shape index (κ3) is 11.2. The fourth-order valence-corrected chi connectivity index (χ4v) is 6.32. The predicted octanol–water partition coefficient (Wildman–Crippen LogP) is 5.25. The number of nitrogens with zero attached hydrogens (tertiary/aromatic N) is 2. The number of hydrogen-bond acceptors (Lipinski definition) is 8. The van der Waals surface area contributed by atoms with E-state index in [1.807, 2.05) is 71.3 Å². The van der Waals surface area contributed by atoms with Gasteiger partial charge < -0.3 is 30.3 Å². The molecule has 0 bridgehead atoms. The minimum Gasteiger partial charge on any atom is -0.478 e. The number of aromatic nitrogens is 3. The molecular weight excluding hydrogens is 662 g/mol. The number of carbonyl (C=O) groups excluding carboxylic acids is 3. The Balaban J connectivity index is 1.25. The van der Waals surface area contributed by atoms with Crippen molar-refractivity contribution < 1.29 is 23.9 Å². The number of nitrogens with one attached hydrogen (secondary N) is 5. The molecule has 1 aliphatic carbocycles. The van der Waals surface area contributed by atoms with Crippen molar-refractivity contribution >= 4 is 34.5 Å². The van der Waals surface area contributed by atoms with Gasteiger partial charge in [-0.05, 0) is 108 Å². The summed E-state index contributed by atoms with van der Waals surface area (Å²) in [7, 11) is 4.06. The molecule has 2 aromatic heterocycles. The van der Waals surface area contributed by atoms with Crippen LogP contribution >= 0.6 is 0 Å². The molecule has 1 fully saturated rings. The third-order valence-corrected chi connectivity index (χ3v) is 9.06. The fourth-order valence-electron chi connectivity index (χ4n) is 6.32. The SMILES string of the molecule is CN(C)CCCOc1ccc(-c2cccc(CC(NC(=O)C3CCC(CNC(=O)OC(C)(C)C)CC3)C(=O)Nc3ccc4c(=O)[nH][nH]c4c3)c2)cn1. The molecule has 4 aromatic rings. The summed E-state index contributed by atoms with van der Waals surface area (Å²) in [5.74, 6) is 0.00410. The highest BCUT2D eigenvalue weighted by Crippen LogP contribution is 2.29. The number of pyridine rings is 1. The lowest BCUT2D eigenvalue weighted by Crippen LogP contribution is -2.48. The number of benzene rings is 2. The van der Waals surface area contributed by atoms with Gasteiger partial charge in [-0.2, -0.15) is 0 Å². The molecule has 1 saturated carbocycles. The van der Waals surface area contributed by atoms with Crippen LogP contribution in [-0.4, -0.2) is 83.4 Å². The summed E-state index contributed by atoms with van der Waals surface area (Å²) in [5, 5.41) is 14.7. The van der Waals surface area contributed by atoms with Gasteiger partial charge in [0.2, 0.25) is 17.7 Å². The average molecular weight is 714 g/mol. The van der Waals surface area contributed by atoms with Crippen molar-refractivity contribution in [3.05, 3.63) is 76.7 Å². The van der Waals surface area contributed by atoms with Crippen LogP contribution < -0.4 is 26.2 Å². The zero-order valence-corrected chi connectivity index (χ0v) is 30.7. The number of hydrogen-bond donors (Lipinski definition) is 5. The zero-order chi connectivity index (χ0) is 37.3. The molecule has 0 aliphatic heterocycles. The van der Waals surface area contributed by atoms with E-state index in [4.69, 9.17) is 9.47 Å². The minimum absolute atomic E-state index is 0.175. The molecule has 278 valence electrons. The number of fused-ring (bicyclic) bond motifs is 1. The summed E-state index contributed by atoms with van der Waals surface area (Å²) in [6, 6.07) is 15.8. The van der Waals surface area contributed by atoms with E-state index in [9.17, 15) is 19.2 Å². The average Bonchev–Trinajstić information content (AvgIpc) is 3.48. The van der Waals surface area contributed by atoms with Gasteiger partial charge in [-0.1, -0.05) is 24.3 Å². The van der Waals surface area contributed by atoms with Crippen molar-refractivity contribution in [3.63, 3.8) is 0 Å². The van der Waals surface area contributed by atoms with Crippen LogP contribution in [-0.2, 0) is 20.7 Å². The summed E-state index contributed by atoms with van der Waals surface area (Å²) < 4.78 is 11.1. The molecule has 1 aliphatic rings. The molecule has 2 aromatic carbocycles. The normalized spacial score (nSPS) is 16.7. The number of aromatic amines is 2. The number of amides is 3. The molecule has 0 saturated heterocycles. The van der Waals surface area contributed by atoms with Crippen LogP contribution in [0.1, 0.15) is 58.4 Å². The number of alkyl carbamates (subject to hydrolysis) is 1.